The standard InChI is InChI=1S/C19H17N3O3S/c1-2-11-4-3-5-14-12(10-21-18(11)14)8-16-15-9-13(26(20,24)25)6-7-17(15)22-19(16)23/h3-10,21H,2H2,1H3,(H,22,23)(H2,20,24,25)/b16-8+. The van der Waals surface area contributed by atoms with E-state index in [0.29, 0.717) is 16.8 Å². The van der Waals surface area contributed by atoms with Gasteiger partial charge in [-0.3, -0.25) is 4.79 Å². The molecule has 2 heterocycles. The fraction of sp³-hybridized carbons (Fsp3) is 0.105. The molecular weight excluding hydrogens is 350 g/mol. The van der Waals surface area contributed by atoms with Crippen LogP contribution in [0.5, 0.6) is 0 Å². The molecule has 0 fully saturated rings. The first-order valence-electron chi connectivity index (χ1n) is 8.17. The zero-order valence-electron chi connectivity index (χ0n) is 14.0. The van der Waals surface area contributed by atoms with Crippen LogP contribution in [0.1, 0.15) is 23.6 Å². The average molecular weight is 367 g/mol. The first-order chi connectivity index (χ1) is 12.4. The Kier molecular flexibility index (Phi) is 3.71. The number of hydrogen-bond donors (Lipinski definition) is 3. The van der Waals surface area contributed by atoms with Crippen molar-refractivity contribution in [1.82, 2.24) is 4.98 Å². The quantitative estimate of drug-likeness (QED) is 0.620. The van der Waals surface area contributed by atoms with Crippen LogP contribution in [0.3, 0.4) is 0 Å². The van der Waals surface area contributed by atoms with Gasteiger partial charge in [-0.1, -0.05) is 25.1 Å². The van der Waals surface area contributed by atoms with Crippen molar-refractivity contribution in [2.45, 2.75) is 18.2 Å². The highest BCUT2D eigenvalue weighted by Gasteiger charge is 2.26. The Labute approximate surface area is 150 Å². The highest BCUT2D eigenvalue weighted by Crippen LogP contribution is 2.35. The predicted molar refractivity (Wildman–Crippen MR) is 102 cm³/mol. The van der Waals surface area contributed by atoms with Crippen molar-refractivity contribution in [2.75, 3.05) is 5.32 Å². The van der Waals surface area contributed by atoms with E-state index < -0.39 is 10.0 Å². The number of benzene rings is 2. The molecule has 0 spiro atoms. The largest absolute Gasteiger partial charge is 0.360 e. The van der Waals surface area contributed by atoms with E-state index in [1.165, 1.54) is 17.7 Å². The summed E-state index contributed by atoms with van der Waals surface area (Å²) < 4.78 is 23.3. The number of carbonyl (C=O) groups excluding carboxylic acids is 1. The van der Waals surface area contributed by atoms with Crippen LogP contribution in [-0.4, -0.2) is 19.3 Å². The lowest BCUT2D eigenvalue weighted by atomic mass is 10.0. The maximum atomic E-state index is 12.4. The molecule has 7 heteroatoms. The van der Waals surface area contributed by atoms with E-state index in [1.54, 1.807) is 12.1 Å². The molecule has 2 aromatic carbocycles. The lowest BCUT2D eigenvalue weighted by molar-refractivity contribution is -0.110. The van der Waals surface area contributed by atoms with Gasteiger partial charge in [0.1, 0.15) is 0 Å². The Balaban J connectivity index is 1.89. The monoisotopic (exact) mass is 367 g/mol. The topological polar surface area (TPSA) is 105 Å². The first kappa shape index (κ1) is 16.6. The van der Waals surface area contributed by atoms with Crippen molar-refractivity contribution in [3.63, 3.8) is 0 Å². The number of fused-ring (bicyclic) bond motifs is 2. The molecule has 1 aliphatic heterocycles. The van der Waals surface area contributed by atoms with Gasteiger partial charge >= 0.3 is 0 Å². The number of aryl methyl sites for hydroxylation is 1. The summed E-state index contributed by atoms with van der Waals surface area (Å²) in [7, 11) is -3.84. The van der Waals surface area contributed by atoms with E-state index in [9.17, 15) is 13.2 Å². The van der Waals surface area contributed by atoms with Gasteiger partial charge in [-0.05, 0) is 36.3 Å². The van der Waals surface area contributed by atoms with E-state index in [2.05, 4.69) is 23.3 Å². The maximum Gasteiger partial charge on any atom is 0.256 e. The van der Waals surface area contributed by atoms with E-state index in [0.717, 1.165) is 22.9 Å². The molecule has 0 radical (unpaired) electrons. The Morgan fingerprint density at radius 3 is 2.73 bits per heavy atom. The van der Waals surface area contributed by atoms with Gasteiger partial charge in [0.25, 0.3) is 5.91 Å². The number of amides is 1. The van der Waals surface area contributed by atoms with E-state index >= 15 is 0 Å². The number of hydrogen-bond acceptors (Lipinski definition) is 3. The van der Waals surface area contributed by atoms with Gasteiger partial charge in [-0.2, -0.15) is 0 Å². The molecule has 0 unspecified atom stereocenters. The number of nitrogens with one attached hydrogen (secondary N) is 2. The molecule has 0 atom stereocenters. The van der Waals surface area contributed by atoms with Gasteiger partial charge in [0.05, 0.1) is 4.90 Å². The normalized spacial score (nSPS) is 15.5. The van der Waals surface area contributed by atoms with Gasteiger partial charge in [0.2, 0.25) is 10.0 Å². The van der Waals surface area contributed by atoms with Crippen molar-refractivity contribution in [1.29, 1.82) is 0 Å². The Bertz CT molecular complexity index is 1190. The van der Waals surface area contributed by atoms with Gasteiger partial charge in [-0.15, -0.1) is 0 Å². The molecule has 4 rings (SSSR count). The molecule has 0 aliphatic carbocycles. The number of aromatic nitrogens is 1. The molecule has 4 N–H and O–H groups in total. The summed E-state index contributed by atoms with van der Waals surface area (Å²) in [5, 5.41) is 8.99. The minimum absolute atomic E-state index is 0.0224. The number of primary sulfonamides is 1. The van der Waals surface area contributed by atoms with Crippen molar-refractivity contribution >= 4 is 44.2 Å². The maximum absolute atomic E-state index is 12.4. The molecule has 6 nitrogen and oxygen atoms in total. The fourth-order valence-electron chi connectivity index (χ4n) is 3.30. The first-order valence-corrected chi connectivity index (χ1v) is 9.72. The Morgan fingerprint density at radius 1 is 1.19 bits per heavy atom. The third kappa shape index (κ3) is 2.61. The number of para-hydroxylation sites is 1. The van der Waals surface area contributed by atoms with Crippen LogP contribution in [-0.2, 0) is 21.2 Å². The molecule has 3 aromatic rings. The van der Waals surface area contributed by atoms with Crippen LogP contribution >= 0.6 is 0 Å². The lowest BCUT2D eigenvalue weighted by Crippen LogP contribution is -2.12. The summed E-state index contributed by atoms with van der Waals surface area (Å²) in [6.07, 6.45) is 4.52. The Morgan fingerprint density at radius 2 is 2.00 bits per heavy atom. The minimum atomic E-state index is -3.84. The smallest absolute Gasteiger partial charge is 0.256 e. The highest BCUT2D eigenvalue weighted by atomic mass is 32.2. The highest BCUT2D eigenvalue weighted by molar-refractivity contribution is 7.89. The molecule has 1 amide bonds. The number of carbonyl (C=O) groups is 1. The second-order valence-corrected chi connectivity index (χ2v) is 7.76. The summed E-state index contributed by atoms with van der Waals surface area (Å²) in [4.78, 5) is 15.6. The third-order valence-corrected chi connectivity index (χ3v) is 5.53. The van der Waals surface area contributed by atoms with Gasteiger partial charge in [0.15, 0.2) is 0 Å². The van der Waals surface area contributed by atoms with Crippen molar-refractivity contribution in [3.05, 3.63) is 59.3 Å². The SMILES string of the molecule is CCc1cccc2c(/C=C3/C(=O)Nc4ccc(S(N)(=O)=O)cc43)c[nH]c12. The summed E-state index contributed by atoms with van der Waals surface area (Å²) in [6.45, 7) is 2.09. The predicted octanol–water partition coefficient (Wildman–Crippen LogP) is 2.87. The fourth-order valence-corrected chi connectivity index (χ4v) is 3.84. The molecule has 0 saturated carbocycles. The number of nitrogens with two attached hydrogens (primary N) is 1. The van der Waals surface area contributed by atoms with E-state index in [1.807, 2.05) is 18.3 Å². The zero-order chi connectivity index (χ0) is 18.5. The summed E-state index contributed by atoms with van der Waals surface area (Å²) in [5.74, 6) is -0.271. The number of anilines is 1. The summed E-state index contributed by atoms with van der Waals surface area (Å²) in [5.41, 5.74) is 4.62. The van der Waals surface area contributed by atoms with Crippen molar-refractivity contribution in [3.8, 4) is 0 Å². The van der Waals surface area contributed by atoms with Crippen LogP contribution in [0.15, 0.2) is 47.5 Å². The Hall–Kier alpha value is -2.90. The van der Waals surface area contributed by atoms with Crippen molar-refractivity contribution in [2.24, 2.45) is 5.14 Å². The third-order valence-electron chi connectivity index (χ3n) is 4.62. The van der Waals surface area contributed by atoms with Crippen LogP contribution < -0.4 is 10.5 Å². The number of rotatable bonds is 3. The molecular formula is C19H17N3O3S. The molecule has 132 valence electrons. The van der Waals surface area contributed by atoms with Crippen LogP contribution in [0.4, 0.5) is 5.69 Å². The van der Waals surface area contributed by atoms with Gasteiger partial charge in [-0.25, -0.2) is 13.6 Å². The zero-order valence-corrected chi connectivity index (χ0v) is 14.9. The van der Waals surface area contributed by atoms with E-state index in [-0.39, 0.29) is 10.8 Å². The molecule has 1 aromatic heterocycles. The van der Waals surface area contributed by atoms with Crippen LogP contribution in [0.25, 0.3) is 22.6 Å². The second kappa shape index (κ2) is 5.82. The number of aromatic amines is 1. The lowest BCUT2D eigenvalue weighted by Gasteiger charge is -2.03. The van der Waals surface area contributed by atoms with Gasteiger partial charge in [0, 0.05) is 39.5 Å². The van der Waals surface area contributed by atoms with Gasteiger partial charge < -0.3 is 10.3 Å². The average Bonchev–Trinajstić information content (AvgIpc) is 3.15. The molecule has 0 bridgehead atoms. The summed E-state index contributed by atoms with van der Waals surface area (Å²) in [6, 6.07) is 10.4. The second-order valence-electron chi connectivity index (χ2n) is 6.20. The minimum Gasteiger partial charge on any atom is -0.360 e. The van der Waals surface area contributed by atoms with Crippen molar-refractivity contribution < 1.29 is 13.2 Å². The molecule has 26 heavy (non-hydrogen) atoms. The van der Waals surface area contributed by atoms with Crippen LogP contribution in [0.2, 0.25) is 0 Å². The number of sulfonamides is 1. The molecule has 1 aliphatic rings. The molecule has 0 saturated heterocycles. The summed E-state index contributed by atoms with van der Waals surface area (Å²) >= 11 is 0. The van der Waals surface area contributed by atoms with E-state index in [4.69, 9.17) is 5.14 Å². The van der Waals surface area contributed by atoms with Crippen LogP contribution in [0, 0.1) is 0 Å². The number of H-pyrrole nitrogens is 1.